The van der Waals surface area contributed by atoms with Gasteiger partial charge in [0.15, 0.2) is 23.0 Å². The summed E-state index contributed by atoms with van der Waals surface area (Å²) in [5.74, 6) is 1.22. The molecule has 1 aliphatic heterocycles. The summed E-state index contributed by atoms with van der Waals surface area (Å²) in [4.78, 5) is 1.43. The van der Waals surface area contributed by atoms with Gasteiger partial charge in [-0.1, -0.05) is 0 Å². The molecule has 0 amide bonds. The molecule has 5 nitrogen and oxygen atoms in total. The van der Waals surface area contributed by atoms with Gasteiger partial charge in [-0.15, -0.1) is 0 Å². The van der Waals surface area contributed by atoms with Crippen LogP contribution in [0, 0.1) is 0 Å². The molecule has 2 aliphatic rings. The Labute approximate surface area is 141 Å². The summed E-state index contributed by atoms with van der Waals surface area (Å²) in [6, 6.07) is 5.83. The van der Waals surface area contributed by atoms with E-state index in [-0.39, 0.29) is 17.5 Å². The average molecular weight is 328 g/mol. The molecule has 0 fully saturated rings. The first-order valence-corrected chi connectivity index (χ1v) is 8.20. The summed E-state index contributed by atoms with van der Waals surface area (Å²) in [5.41, 5.74) is 5.22. The van der Waals surface area contributed by atoms with Crippen molar-refractivity contribution in [1.29, 1.82) is 0 Å². The maximum absolute atomic E-state index is 10.8. The van der Waals surface area contributed by atoms with E-state index < -0.39 is 0 Å². The first-order chi connectivity index (χ1) is 11.5. The van der Waals surface area contributed by atoms with Crippen LogP contribution >= 0.6 is 0 Å². The number of benzene rings is 2. The van der Waals surface area contributed by atoms with E-state index in [1.54, 1.807) is 13.2 Å². The number of aromatic hydroxyl groups is 2. The second kappa shape index (κ2) is 5.31. The molecule has 24 heavy (non-hydrogen) atoms. The predicted octanol–water partition coefficient (Wildman–Crippen LogP) is 1.45. The van der Waals surface area contributed by atoms with Gasteiger partial charge in [0.25, 0.3) is 0 Å². The topological polar surface area (TPSA) is 63.4 Å². The molecule has 0 radical (unpaired) electrons. The molecule has 4 rings (SSSR count). The number of methoxy groups -OCH3 is 2. The molecule has 2 aromatic rings. The number of rotatable bonds is 2. The average Bonchev–Trinajstić information content (AvgIpc) is 2.58. The van der Waals surface area contributed by atoms with E-state index in [0.717, 1.165) is 36.1 Å². The largest absolute Gasteiger partial charge is 0.504 e. The number of quaternary nitrogens is 1. The summed E-state index contributed by atoms with van der Waals surface area (Å²) >= 11 is 0. The lowest BCUT2D eigenvalue weighted by molar-refractivity contribution is -0.914. The van der Waals surface area contributed by atoms with Gasteiger partial charge >= 0.3 is 0 Å². The third-order valence-electron chi connectivity index (χ3n) is 5.44. The highest BCUT2D eigenvalue weighted by molar-refractivity contribution is 5.84. The molecule has 5 heteroatoms. The fraction of sp³-hybridized carbons (Fsp3) is 0.368. The van der Waals surface area contributed by atoms with Gasteiger partial charge in [0, 0.05) is 24.0 Å². The van der Waals surface area contributed by atoms with Crippen LogP contribution in [0.4, 0.5) is 0 Å². The summed E-state index contributed by atoms with van der Waals surface area (Å²) in [5, 5.41) is 21.0. The van der Waals surface area contributed by atoms with Crippen LogP contribution in [0.25, 0.3) is 11.1 Å². The van der Waals surface area contributed by atoms with Gasteiger partial charge in [-0.2, -0.15) is 0 Å². The van der Waals surface area contributed by atoms with E-state index in [1.807, 2.05) is 12.1 Å². The molecule has 126 valence electrons. The minimum atomic E-state index is 0.135. The maximum Gasteiger partial charge on any atom is 0.166 e. The first-order valence-electron chi connectivity index (χ1n) is 8.20. The Kier molecular flexibility index (Phi) is 3.35. The third kappa shape index (κ3) is 1.97. The van der Waals surface area contributed by atoms with Crippen molar-refractivity contribution in [2.75, 3.05) is 27.8 Å². The number of hydrogen-bond acceptors (Lipinski definition) is 4. The molecule has 2 aromatic carbocycles. The van der Waals surface area contributed by atoms with E-state index in [1.165, 1.54) is 23.1 Å². The van der Waals surface area contributed by atoms with Crippen molar-refractivity contribution in [2.24, 2.45) is 0 Å². The van der Waals surface area contributed by atoms with Gasteiger partial charge in [-0.05, 0) is 34.9 Å². The zero-order chi connectivity index (χ0) is 17.0. The van der Waals surface area contributed by atoms with Crippen molar-refractivity contribution >= 4 is 0 Å². The second-order valence-electron chi connectivity index (χ2n) is 6.66. The molecule has 1 aliphatic carbocycles. The van der Waals surface area contributed by atoms with E-state index in [9.17, 15) is 10.2 Å². The van der Waals surface area contributed by atoms with E-state index >= 15 is 0 Å². The van der Waals surface area contributed by atoms with Crippen LogP contribution in [0.5, 0.6) is 23.0 Å². The highest BCUT2D eigenvalue weighted by atomic mass is 16.5. The van der Waals surface area contributed by atoms with Gasteiger partial charge in [-0.3, -0.25) is 0 Å². The minimum absolute atomic E-state index is 0.135. The fourth-order valence-electron chi connectivity index (χ4n) is 4.17. The zero-order valence-electron chi connectivity index (χ0n) is 14.1. The lowest BCUT2D eigenvalue weighted by Gasteiger charge is -2.37. The third-order valence-corrected chi connectivity index (χ3v) is 5.44. The van der Waals surface area contributed by atoms with Crippen LogP contribution in [0.2, 0.25) is 0 Å². The Hall–Kier alpha value is -2.40. The highest BCUT2D eigenvalue weighted by Gasteiger charge is 2.38. The Balaban J connectivity index is 2.06. The van der Waals surface area contributed by atoms with E-state index in [4.69, 9.17) is 9.47 Å². The molecule has 1 heterocycles. The van der Waals surface area contributed by atoms with E-state index in [0.29, 0.717) is 11.5 Å². The normalized spacial score (nSPS) is 21.0. The Morgan fingerprint density at radius 3 is 2.50 bits per heavy atom. The van der Waals surface area contributed by atoms with Gasteiger partial charge in [0.2, 0.25) is 0 Å². The summed E-state index contributed by atoms with van der Waals surface area (Å²) in [6.45, 7) is 1.04. The summed E-state index contributed by atoms with van der Waals surface area (Å²) in [6.07, 6.45) is 1.80. The molecule has 2 atom stereocenters. The number of likely N-dealkylation sites (N-methyl/N-ethyl adjacent to an activating group) is 1. The summed E-state index contributed by atoms with van der Waals surface area (Å²) in [7, 11) is 5.30. The fourth-order valence-corrected chi connectivity index (χ4v) is 4.17. The Bertz CT molecular complexity index is 831. The maximum atomic E-state index is 10.8. The van der Waals surface area contributed by atoms with Crippen molar-refractivity contribution in [3.05, 3.63) is 34.9 Å². The standard InChI is InChI=1S/C19H21NO4/c1-20-5-4-10-8-16(24-3)19(22)18-12-9-15(23-2)14(21)7-11(12)6-13(20)17(10)18/h7-9,13,21-22H,4-6H2,1-3H3/p+1/t13-/m1/s1. The molecular formula is C19H22NO4+. The van der Waals surface area contributed by atoms with Gasteiger partial charge in [-0.25, -0.2) is 0 Å². The molecule has 0 aromatic heterocycles. The van der Waals surface area contributed by atoms with Crippen LogP contribution < -0.4 is 14.4 Å². The lowest BCUT2D eigenvalue weighted by Crippen LogP contribution is -3.10. The second-order valence-corrected chi connectivity index (χ2v) is 6.66. The number of fused-ring (bicyclic) bond motifs is 2. The van der Waals surface area contributed by atoms with Crippen LogP contribution in [0.3, 0.4) is 0 Å². The Morgan fingerprint density at radius 2 is 1.79 bits per heavy atom. The zero-order valence-corrected chi connectivity index (χ0v) is 14.1. The quantitative estimate of drug-likeness (QED) is 0.781. The molecule has 3 N–H and O–H groups in total. The monoisotopic (exact) mass is 328 g/mol. The minimum Gasteiger partial charge on any atom is -0.504 e. The van der Waals surface area contributed by atoms with E-state index in [2.05, 4.69) is 7.05 Å². The molecule has 0 bridgehead atoms. The number of hydrogen-bond donors (Lipinski definition) is 3. The molecule has 1 unspecified atom stereocenters. The number of phenolic OH excluding ortho intramolecular Hbond substituents is 2. The van der Waals surface area contributed by atoms with Gasteiger partial charge in [0.1, 0.15) is 6.04 Å². The summed E-state index contributed by atoms with van der Waals surface area (Å²) < 4.78 is 10.7. The highest BCUT2D eigenvalue weighted by Crippen LogP contribution is 2.51. The van der Waals surface area contributed by atoms with Crippen LogP contribution in [0.1, 0.15) is 22.7 Å². The van der Waals surface area contributed by atoms with Crippen molar-refractivity contribution < 1.29 is 24.6 Å². The van der Waals surface area contributed by atoms with Gasteiger partial charge < -0.3 is 24.6 Å². The van der Waals surface area contributed by atoms with Crippen molar-refractivity contribution in [2.45, 2.75) is 18.9 Å². The number of nitrogens with one attached hydrogen (secondary N) is 1. The van der Waals surface area contributed by atoms with Crippen molar-refractivity contribution in [3.63, 3.8) is 0 Å². The molecule has 0 saturated heterocycles. The lowest BCUT2D eigenvalue weighted by atomic mass is 9.76. The Morgan fingerprint density at radius 1 is 1.04 bits per heavy atom. The molecule has 0 spiro atoms. The number of phenols is 2. The van der Waals surface area contributed by atoms with Crippen molar-refractivity contribution in [1.82, 2.24) is 0 Å². The first kappa shape index (κ1) is 15.1. The van der Waals surface area contributed by atoms with Crippen LogP contribution in [0.15, 0.2) is 18.2 Å². The van der Waals surface area contributed by atoms with Crippen molar-refractivity contribution in [3.8, 4) is 34.1 Å². The smallest absolute Gasteiger partial charge is 0.166 e. The molecule has 0 saturated carbocycles. The van der Waals surface area contributed by atoms with Crippen LogP contribution in [-0.4, -0.2) is 38.0 Å². The SMILES string of the molecule is COc1cc2c(cc1O)C[C@@H]1c3c(cc(OC)c(O)c3-2)CC[NH+]1C. The number of ether oxygens (including phenoxy) is 2. The van der Waals surface area contributed by atoms with Gasteiger partial charge in [0.05, 0.1) is 27.8 Å². The predicted molar refractivity (Wildman–Crippen MR) is 90.2 cm³/mol. The van der Waals surface area contributed by atoms with Crippen LogP contribution in [-0.2, 0) is 12.8 Å². The molecular weight excluding hydrogens is 306 g/mol.